The number of anilines is 1. The fourth-order valence-corrected chi connectivity index (χ4v) is 1.72. The zero-order chi connectivity index (χ0) is 13.1. The molecule has 0 radical (unpaired) electrons. The highest BCUT2D eigenvalue weighted by atomic mass is 16.5. The van der Waals surface area contributed by atoms with Crippen LogP contribution in [0.1, 0.15) is 10.4 Å². The van der Waals surface area contributed by atoms with E-state index in [1.54, 1.807) is 24.3 Å². The van der Waals surface area contributed by atoms with Gasteiger partial charge in [0.1, 0.15) is 0 Å². The minimum atomic E-state index is -0.147. The molecule has 0 aliphatic rings. The lowest BCUT2D eigenvalue weighted by Crippen LogP contribution is -1.91. The summed E-state index contributed by atoms with van der Waals surface area (Å²) < 4.78 is 5.04. The van der Waals surface area contributed by atoms with Crippen molar-refractivity contribution in [2.24, 2.45) is 0 Å². The number of hydrogen-bond acceptors (Lipinski definition) is 4. The van der Waals surface area contributed by atoms with Crippen LogP contribution in [0.2, 0.25) is 0 Å². The van der Waals surface area contributed by atoms with Crippen molar-refractivity contribution in [3.63, 3.8) is 0 Å². The first-order valence-corrected chi connectivity index (χ1v) is 5.38. The van der Waals surface area contributed by atoms with Gasteiger partial charge in [0.05, 0.1) is 12.7 Å². The standard InChI is InChI=1S/C14H13NO3/c1-18-13-7-10(6-11(8-16)14(13)17)9-2-4-12(15)5-3-9/h2-8,17H,15H2,1H3. The lowest BCUT2D eigenvalue weighted by atomic mass is 10.0. The first-order chi connectivity index (χ1) is 8.65. The third-order valence-corrected chi connectivity index (χ3v) is 2.70. The largest absolute Gasteiger partial charge is 0.504 e. The number of benzene rings is 2. The SMILES string of the molecule is COc1cc(-c2ccc(N)cc2)cc(C=O)c1O. The van der Waals surface area contributed by atoms with Gasteiger partial charge in [0.25, 0.3) is 0 Å². The van der Waals surface area contributed by atoms with Crippen molar-refractivity contribution >= 4 is 12.0 Å². The van der Waals surface area contributed by atoms with E-state index in [9.17, 15) is 9.90 Å². The number of rotatable bonds is 3. The highest BCUT2D eigenvalue weighted by Crippen LogP contribution is 2.34. The van der Waals surface area contributed by atoms with Crippen molar-refractivity contribution in [1.29, 1.82) is 0 Å². The molecular weight excluding hydrogens is 230 g/mol. The molecule has 0 fully saturated rings. The summed E-state index contributed by atoms with van der Waals surface area (Å²) in [5.41, 5.74) is 8.16. The molecule has 0 aliphatic carbocycles. The Hall–Kier alpha value is -2.49. The highest BCUT2D eigenvalue weighted by molar-refractivity contribution is 5.85. The summed E-state index contributed by atoms with van der Waals surface area (Å²) in [4.78, 5) is 10.9. The molecule has 3 N–H and O–H groups in total. The number of phenolic OH excluding ortho intramolecular Hbond substituents is 1. The zero-order valence-electron chi connectivity index (χ0n) is 9.88. The van der Waals surface area contributed by atoms with E-state index in [1.165, 1.54) is 7.11 Å². The van der Waals surface area contributed by atoms with E-state index < -0.39 is 0 Å². The second-order valence-electron chi connectivity index (χ2n) is 3.86. The quantitative estimate of drug-likeness (QED) is 0.641. The van der Waals surface area contributed by atoms with Crippen LogP contribution in [-0.2, 0) is 0 Å². The average molecular weight is 243 g/mol. The molecule has 0 amide bonds. The molecule has 0 aromatic heterocycles. The van der Waals surface area contributed by atoms with Gasteiger partial charge in [0.15, 0.2) is 17.8 Å². The molecular formula is C14H13NO3. The first kappa shape index (κ1) is 12.0. The van der Waals surface area contributed by atoms with Crippen molar-refractivity contribution in [1.82, 2.24) is 0 Å². The molecule has 0 aliphatic heterocycles. The minimum absolute atomic E-state index is 0.147. The summed E-state index contributed by atoms with van der Waals surface area (Å²) in [6.45, 7) is 0. The maximum absolute atomic E-state index is 10.9. The second-order valence-corrected chi connectivity index (χ2v) is 3.86. The predicted molar refractivity (Wildman–Crippen MR) is 69.9 cm³/mol. The Morgan fingerprint density at radius 2 is 1.83 bits per heavy atom. The number of ether oxygens (including phenoxy) is 1. The molecule has 92 valence electrons. The Morgan fingerprint density at radius 1 is 1.17 bits per heavy atom. The number of nitrogen functional groups attached to an aromatic ring is 1. The molecule has 0 bridgehead atoms. The van der Waals surface area contributed by atoms with E-state index in [0.29, 0.717) is 12.0 Å². The first-order valence-electron chi connectivity index (χ1n) is 5.38. The van der Waals surface area contributed by atoms with Crippen molar-refractivity contribution in [3.8, 4) is 22.6 Å². The lowest BCUT2D eigenvalue weighted by molar-refractivity contribution is 0.112. The summed E-state index contributed by atoms with van der Waals surface area (Å²) in [6.07, 6.45) is 0.596. The number of carbonyl (C=O) groups excluding carboxylic acids is 1. The van der Waals surface area contributed by atoms with Crippen LogP contribution >= 0.6 is 0 Å². The molecule has 0 unspecified atom stereocenters. The number of aldehydes is 1. The smallest absolute Gasteiger partial charge is 0.168 e. The maximum Gasteiger partial charge on any atom is 0.168 e. The van der Waals surface area contributed by atoms with Crippen molar-refractivity contribution in [3.05, 3.63) is 42.0 Å². The summed E-state index contributed by atoms with van der Waals surface area (Å²) in [6, 6.07) is 10.5. The fraction of sp³-hybridized carbons (Fsp3) is 0.0714. The van der Waals surface area contributed by atoms with Crippen LogP contribution in [0, 0.1) is 0 Å². The second kappa shape index (κ2) is 4.79. The van der Waals surface area contributed by atoms with Gasteiger partial charge < -0.3 is 15.6 Å². The van der Waals surface area contributed by atoms with Crippen molar-refractivity contribution < 1.29 is 14.6 Å². The number of aromatic hydroxyl groups is 1. The van der Waals surface area contributed by atoms with E-state index in [2.05, 4.69) is 0 Å². The van der Waals surface area contributed by atoms with Crippen LogP contribution in [0.25, 0.3) is 11.1 Å². The molecule has 0 saturated heterocycles. The van der Waals surface area contributed by atoms with Gasteiger partial charge in [-0.25, -0.2) is 0 Å². The summed E-state index contributed by atoms with van der Waals surface area (Å²) in [5.74, 6) is 0.123. The van der Waals surface area contributed by atoms with E-state index in [4.69, 9.17) is 10.5 Å². The lowest BCUT2D eigenvalue weighted by Gasteiger charge is -2.09. The molecule has 0 atom stereocenters. The Kier molecular flexibility index (Phi) is 3.19. The normalized spacial score (nSPS) is 10.1. The van der Waals surface area contributed by atoms with Crippen LogP contribution in [0.3, 0.4) is 0 Å². The molecule has 2 rings (SSSR count). The average Bonchev–Trinajstić information content (AvgIpc) is 2.40. The predicted octanol–water partition coefficient (Wildman–Crippen LogP) is 2.46. The Morgan fingerprint density at radius 3 is 2.39 bits per heavy atom. The summed E-state index contributed by atoms with van der Waals surface area (Å²) in [7, 11) is 1.44. The monoisotopic (exact) mass is 243 g/mol. The van der Waals surface area contributed by atoms with Crippen LogP contribution in [0.15, 0.2) is 36.4 Å². The molecule has 18 heavy (non-hydrogen) atoms. The van der Waals surface area contributed by atoms with E-state index in [-0.39, 0.29) is 17.1 Å². The van der Waals surface area contributed by atoms with Crippen molar-refractivity contribution in [2.45, 2.75) is 0 Å². The molecule has 0 spiro atoms. The number of methoxy groups -OCH3 is 1. The van der Waals surface area contributed by atoms with Gasteiger partial charge >= 0.3 is 0 Å². The zero-order valence-corrected chi connectivity index (χ0v) is 9.88. The van der Waals surface area contributed by atoms with Crippen LogP contribution in [0.4, 0.5) is 5.69 Å². The van der Waals surface area contributed by atoms with Crippen LogP contribution in [0.5, 0.6) is 11.5 Å². The summed E-state index contributed by atoms with van der Waals surface area (Å²) >= 11 is 0. The Bertz CT molecular complexity index is 576. The van der Waals surface area contributed by atoms with Gasteiger partial charge in [-0.05, 0) is 35.4 Å². The Balaban J connectivity index is 2.57. The molecule has 0 heterocycles. The molecule has 0 saturated carbocycles. The van der Waals surface area contributed by atoms with Gasteiger partial charge in [0, 0.05) is 5.69 Å². The number of phenols is 1. The Labute approximate surface area is 105 Å². The van der Waals surface area contributed by atoms with Crippen LogP contribution in [-0.4, -0.2) is 18.5 Å². The third-order valence-electron chi connectivity index (χ3n) is 2.70. The number of carbonyl (C=O) groups is 1. The fourth-order valence-electron chi connectivity index (χ4n) is 1.72. The number of hydrogen-bond donors (Lipinski definition) is 2. The summed E-state index contributed by atoms with van der Waals surface area (Å²) in [5, 5.41) is 9.73. The molecule has 2 aromatic carbocycles. The van der Waals surface area contributed by atoms with Gasteiger partial charge in [0.2, 0.25) is 0 Å². The molecule has 2 aromatic rings. The van der Waals surface area contributed by atoms with Crippen LogP contribution < -0.4 is 10.5 Å². The van der Waals surface area contributed by atoms with Gasteiger partial charge in [-0.15, -0.1) is 0 Å². The highest BCUT2D eigenvalue weighted by Gasteiger charge is 2.11. The van der Waals surface area contributed by atoms with Crippen molar-refractivity contribution in [2.75, 3.05) is 12.8 Å². The van der Waals surface area contributed by atoms with Gasteiger partial charge in [-0.1, -0.05) is 12.1 Å². The van der Waals surface area contributed by atoms with E-state index in [1.807, 2.05) is 12.1 Å². The molecule has 4 heteroatoms. The van der Waals surface area contributed by atoms with E-state index in [0.717, 1.165) is 11.1 Å². The van der Waals surface area contributed by atoms with Gasteiger partial charge in [-0.2, -0.15) is 0 Å². The maximum atomic E-state index is 10.9. The number of nitrogens with two attached hydrogens (primary N) is 1. The van der Waals surface area contributed by atoms with E-state index >= 15 is 0 Å². The topological polar surface area (TPSA) is 72.5 Å². The minimum Gasteiger partial charge on any atom is -0.504 e. The van der Waals surface area contributed by atoms with Gasteiger partial charge in [-0.3, -0.25) is 4.79 Å². The molecule has 4 nitrogen and oxygen atoms in total. The third kappa shape index (κ3) is 2.13.